The molecule has 0 bridgehead atoms. The predicted molar refractivity (Wildman–Crippen MR) is 395 cm³/mol. The maximum Gasteiger partial charge on any atom is 0.164 e. The van der Waals surface area contributed by atoms with Gasteiger partial charge in [0.05, 0.1) is 0 Å². The van der Waals surface area contributed by atoms with E-state index in [1.165, 1.54) is 60.5 Å². The van der Waals surface area contributed by atoms with Crippen LogP contribution >= 0.6 is 34.0 Å². The van der Waals surface area contributed by atoms with Crippen molar-refractivity contribution in [1.29, 1.82) is 0 Å². The third kappa shape index (κ3) is 12.1. The van der Waals surface area contributed by atoms with Gasteiger partial charge >= 0.3 is 0 Å². The van der Waals surface area contributed by atoms with E-state index >= 15 is 0 Å². The molecule has 0 N–H and O–H groups in total. The second kappa shape index (κ2) is 25.9. The Kier molecular flexibility index (Phi) is 16.0. The fourth-order valence-electron chi connectivity index (χ4n) is 12.0. The Bertz CT molecular complexity index is 5910. The van der Waals surface area contributed by atoms with Crippen molar-refractivity contribution in [1.82, 2.24) is 59.8 Å². The van der Waals surface area contributed by atoms with E-state index in [4.69, 9.17) is 19.9 Å². The van der Waals surface area contributed by atoms with Crippen LogP contribution in [0.25, 0.3) is 162 Å². The molecule has 0 radical (unpaired) electrons. The molecule has 9 aromatic carbocycles. The highest BCUT2D eigenvalue weighted by molar-refractivity contribution is 7.26. The zero-order valence-electron chi connectivity index (χ0n) is 52.1. The molecule has 12 nitrogen and oxygen atoms in total. The molecule has 9 heterocycles. The number of hydrogen-bond donors (Lipinski definition) is 0. The van der Waals surface area contributed by atoms with Gasteiger partial charge in [0, 0.05) is 148 Å². The van der Waals surface area contributed by atoms with Gasteiger partial charge in [0.2, 0.25) is 0 Å². The molecule has 18 aromatic rings. The molecule has 456 valence electrons. The van der Waals surface area contributed by atoms with Gasteiger partial charge in [0.1, 0.15) is 17.5 Å². The summed E-state index contributed by atoms with van der Waals surface area (Å²) in [6.45, 7) is 5.75. The van der Waals surface area contributed by atoms with Crippen molar-refractivity contribution >= 4 is 94.5 Å². The van der Waals surface area contributed by atoms with Crippen LogP contribution in [0.4, 0.5) is 0 Å². The van der Waals surface area contributed by atoms with Gasteiger partial charge in [-0.25, -0.2) is 44.9 Å². The van der Waals surface area contributed by atoms with Crippen molar-refractivity contribution in [2.45, 2.75) is 20.8 Å². The van der Waals surface area contributed by atoms with E-state index in [-0.39, 0.29) is 0 Å². The Morgan fingerprint density at radius 1 is 0.219 bits per heavy atom. The molecule has 0 aliphatic rings. The van der Waals surface area contributed by atoms with Crippen LogP contribution in [0.1, 0.15) is 17.5 Å². The summed E-state index contributed by atoms with van der Waals surface area (Å²) in [4.78, 5) is 55.2. The number of aryl methyl sites for hydroxylation is 3. The lowest BCUT2D eigenvalue weighted by Crippen LogP contribution is -2.00. The molecule has 0 saturated carbocycles. The molecule has 18 rings (SSSR count). The topological polar surface area (TPSA) is 155 Å². The van der Waals surface area contributed by atoms with Crippen molar-refractivity contribution in [2.24, 2.45) is 0 Å². The molecule has 0 unspecified atom stereocenters. The van der Waals surface area contributed by atoms with Crippen LogP contribution in [0.2, 0.25) is 0 Å². The highest BCUT2D eigenvalue weighted by Gasteiger charge is 2.18. The predicted octanol–water partition coefficient (Wildman–Crippen LogP) is 20.8. The van der Waals surface area contributed by atoms with E-state index < -0.39 is 0 Å². The van der Waals surface area contributed by atoms with Gasteiger partial charge in [-0.2, -0.15) is 0 Å². The second-order valence-corrected chi connectivity index (χ2v) is 26.2. The fraction of sp³-hybridized carbons (Fsp3) is 0.0370. The van der Waals surface area contributed by atoms with Crippen LogP contribution in [0, 0.1) is 20.8 Å². The molecular weight excluding hydrogens is 1240 g/mol. The van der Waals surface area contributed by atoms with E-state index in [9.17, 15) is 0 Å². The van der Waals surface area contributed by atoms with Crippen LogP contribution in [0.15, 0.2) is 274 Å². The fourth-order valence-corrected chi connectivity index (χ4v) is 15.4. The Hall–Kier alpha value is -11.9. The number of aromatic nitrogens is 12. The molecule has 0 saturated heterocycles. The summed E-state index contributed by atoms with van der Waals surface area (Å²) in [5.41, 5.74) is 12.4. The van der Waals surface area contributed by atoms with E-state index in [0.29, 0.717) is 52.4 Å². The van der Waals surface area contributed by atoms with Crippen LogP contribution in [0.5, 0.6) is 0 Å². The normalized spacial score (nSPS) is 11.3. The number of hydrogen-bond acceptors (Lipinski definition) is 15. The molecule has 96 heavy (non-hydrogen) atoms. The number of benzene rings is 9. The molecule has 0 spiro atoms. The first kappa shape index (κ1) is 59.2. The van der Waals surface area contributed by atoms with Gasteiger partial charge in [0.25, 0.3) is 0 Å². The van der Waals surface area contributed by atoms with Crippen molar-refractivity contribution in [3.63, 3.8) is 0 Å². The van der Waals surface area contributed by atoms with Gasteiger partial charge < -0.3 is 0 Å². The first-order chi connectivity index (χ1) is 47.2. The van der Waals surface area contributed by atoms with Crippen LogP contribution in [0.3, 0.4) is 0 Å². The largest absolute Gasteiger partial charge is 0.264 e. The van der Waals surface area contributed by atoms with Gasteiger partial charge in [0.15, 0.2) is 34.9 Å². The van der Waals surface area contributed by atoms with Crippen LogP contribution in [-0.2, 0) is 0 Å². The summed E-state index contributed by atoms with van der Waals surface area (Å²) >= 11 is 5.41. The molecule has 15 heteroatoms. The van der Waals surface area contributed by atoms with Crippen molar-refractivity contribution in [2.75, 3.05) is 0 Å². The van der Waals surface area contributed by atoms with Gasteiger partial charge in [-0.3, -0.25) is 15.0 Å². The summed E-state index contributed by atoms with van der Waals surface area (Å²) in [6, 6.07) is 81.5. The lowest BCUT2D eigenvalue weighted by Gasteiger charge is -2.09. The van der Waals surface area contributed by atoms with E-state index in [1.807, 2.05) is 105 Å². The zero-order chi connectivity index (χ0) is 64.5. The third-order valence-corrected chi connectivity index (χ3v) is 19.9. The number of rotatable bonds is 9. The number of fused-ring (bicyclic) bond motifs is 9. The van der Waals surface area contributed by atoms with Gasteiger partial charge in [-0.1, -0.05) is 152 Å². The smallest absolute Gasteiger partial charge is 0.164 e. The Balaban J connectivity index is 0.000000113. The summed E-state index contributed by atoms with van der Waals surface area (Å²) < 4.78 is 7.60. The molecule has 9 aromatic heterocycles. The SMILES string of the molecule is Cc1nc(-c2cccc(-c3cccnc3)c2)nc(-c2ccc3c(c2)sc2ccccc23)n1.Cc1nc(-c2cccc(-c3cccnc3)c2)nc(-c2ccc3sc4ccccc4c3c2)n1.Cc1nc(-c2cccc(-c3cccnc3)c2)nc(-c2cccc3sc4ccccc4c23)n1. The number of pyridine rings is 3. The lowest BCUT2D eigenvalue weighted by molar-refractivity contribution is 0.992. The van der Waals surface area contributed by atoms with Crippen molar-refractivity contribution in [3.8, 4) is 102 Å². The summed E-state index contributed by atoms with van der Waals surface area (Å²) in [5.74, 6) is 6.22. The summed E-state index contributed by atoms with van der Waals surface area (Å²) in [7, 11) is 0. The average molecular weight is 1290 g/mol. The molecule has 0 aliphatic carbocycles. The van der Waals surface area contributed by atoms with E-state index in [0.717, 1.165) is 66.8 Å². The molecule has 0 fully saturated rings. The lowest BCUT2D eigenvalue weighted by atomic mass is 10.0. The maximum atomic E-state index is 4.91. The monoisotopic (exact) mass is 1290 g/mol. The Morgan fingerprint density at radius 3 is 1.06 bits per heavy atom. The minimum absolute atomic E-state index is 0.675. The molecular formula is C81H54N12S3. The quantitative estimate of drug-likeness (QED) is 0.135. The van der Waals surface area contributed by atoms with Crippen LogP contribution < -0.4 is 0 Å². The van der Waals surface area contributed by atoms with Crippen molar-refractivity contribution < 1.29 is 0 Å². The zero-order valence-corrected chi connectivity index (χ0v) is 54.5. The highest BCUT2D eigenvalue weighted by atomic mass is 32.1. The standard InChI is InChI=1S/3C27H18N4S/c1-17-29-26(19-8-4-7-18(15-19)20-9-6-14-28-16-20)31-27(30-17)22-11-5-13-24-25(22)21-10-2-3-12-23(21)32-24;1-17-29-26(19-7-4-6-18(14-19)21-8-5-13-28-16-21)31-27(30-17)20-11-12-25-23(15-20)22-9-2-3-10-24(22)32-25;1-17-29-26(19-7-4-6-18(14-19)21-8-5-13-28-16-21)31-27(30-17)20-11-12-23-22-9-2-3-10-24(22)32-25(23)15-20/h3*2-16H,1H3. The average Bonchev–Trinajstić information content (AvgIpc) is 1.58. The Labute approximate surface area is 564 Å². The minimum atomic E-state index is 0.675. The second-order valence-electron chi connectivity index (χ2n) is 23.0. The van der Waals surface area contributed by atoms with E-state index in [1.54, 1.807) is 41.3 Å². The first-order valence-corrected chi connectivity index (χ1v) is 33.6. The van der Waals surface area contributed by atoms with Gasteiger partial charge in [-0.15, -0.1) is 34.0 Å². The minimum Gasteiger partial charge on any atom is -0.264 e. The van der Waals surface area contributed by atoms with Crippen LogP contribution in [-0.4, -0.2) is 59.8 Å². The Morgan fingerprint density at radius 2 is 0.562 bits per heavy atom. The summed E-state index contributed by atoms with van der Waals surface area (Å²) in [6.07, 6.45) is 10.9. The summed E-state index contributed by atoms with van der Waals surface area (Å²) in [5, 5.41) is 7.50. The number of nitrogens with zero attached hydrogens (tertiary/aromatic N) is 12. The molecule has 0 aliphatic heterocycles. The molecule has 0 atom stereocenters. The van der Waals surface area contributed by atoms with Gasteiger partial charge in [-0.05, 0) is 122 Å². The van der Waals surface area contributed by atoms with E-state index in [2.05, 4.69) is 222 Å². The first-order valence-electron chi connectivity index (χ1n) is 31.2. The third-order valence-electron chi connectivity index (χ3n) is 16.5. The van der Waals surface area contributed by atoms with Crippen molar-refractivity contribution in [3.05, 3.63) is 291 Å². The number of thiophene rings is 3. The molecule has 0 amide bonds. The highest BCUT2D eigenvalue weighted by Crippen LogP contribution is 2.41. The maximum absolute atomic E-state index is 4.91.